The first-order valence-corrected chi connectivity index (χ1v) is 10.4. The minimum Gasteiger partial charge on any atom is -0.497 e. The Balaban J connectivity index is 2.29. The number of pyridine rings is 1. The number of carbonyl (C=O) groups is 1. The van der Waals surface area contributed by atoms with Gasteiger partial charge in [0.15, 0.2) is 4.90 Å². The fourth-order valence-corrected chi connectivity index (χ4v) is 4.11. The van der Waals surface area contributed by atoms with Crippen LogP contribution in [0.4, 0.5) is 5.69 Å². The Labute approximate surface area is 178 Å². The van der Waals surface area contributed by atoms with Crippen molar-refractivity contribution in [2.45, 2.75) is 23.3 Å². The number of ether oxygens (including phenoxy) is 1. The number of nitrogens with one attached hydrogen (secondary N) is 1. The third kappa shape index (κ3) is 5.66. The van der Waals surface area contributed by atoms with E-state index in [0.717, 1.165) is 4.57 Å². The largest absolute Gasteiger partial charge is 0.497 e. The number of nitrogens with two attached hydrogens (primary N) is 3. The summed E-state index contributed by atoms with van der Waals surface area (Å²) in [6.07, 6.45) is 0. The van der Waals surface area contributed by atoms with Crippen LogP contribution < -0.4 is 32.8 Å². The van der Waals surface area contributed by atoms with Crippen LogP contribution in [0.25, 0.3) is 0 Å². The molecule has 13 heteroatoms. The molecule has 0 spiro atoms. The van der Waals surface area contributed by atoms with E-state index in [9.17, 15) is 18.0 Å². The first-order valence-electron chi connectivity index (χ1n) is 8.94. The number of anilines is 1. The zero-order chi connectivity index (χ0) is 23.2. The number of hydrogen-bond donors (Lipinski definition) is 4. The minimum absolute atomic E-state index is 0.00361. The number of rotatable bonds is 9. The van der Waals surface area contributed by atoms with Crippen LogP contribution in [-0.2, 0) is 26.0 Å². The van der Waals surface area contributed by atoms with Gasteiger partial charge in [0.25, 0.3) is 5.56 Å². The zero-order valence-electron chi connectivity index (χ0n) is 17.0. The smallest absolute Gasteiger partial charge is 0.272 e. The second-order valence-electron chi connectivity index (χ2n) is 6.34. The molecule has 1 heterocycles. The molecule has 12 nitrogen and oxygen atoms in total. The number of oxime groups is 1. The van der Waals surface area contributed by atoms with Crippen molar-refractivity contribution in [3.05, 3.63) is 46.4 Å². The van der Waals surface area contributed by atoms with Crippen molar-refractivity contribution in [2.24, 2.45) is 16.6 Å². The summed E-state index contributed by atoms with van der Waals surface area (Å²) < 4.78 is 32.1. The average molecular weight is 452 g/mol. The highest BCUT2D eigenvalue weighted by molar-refractivity contribution is 7.91. The molecule has 0 bridgehead atoms. The lowest BCUT2D eigenvalue weighted by Crippen LogP contribution is -2.37. The Morgan fingerprint density at radius 3 is 2.45 bits per heavy atom. The molecule has 2 rings (SSSR count). The number of amides is 1. The van der Waals surface area contributed by atoms with Gasteiger partial charge in [0.2, 0.25) is 21.7 Å². The number of benzene rings is 1. The number of aryl methyl sites for hydroxylation is 1. The summed E-state index contributed by atoms with van der Waals surface area (Å²) in [7, 11) is -2.79. The van der Waals surface area contributed by atoms with Crippen LogP contribution in [-0.4, -0.2) is 45.1 Å². The van der Waals surface area contributed by atoms with E-state index < -0.39 is 32.7 Å². The number of nitrogen functional groups attached to an aromatic ring is 1. The number of guanidine groups is 1. The molecule has 0 radical (unpaired) electrons. The first-order chi connectivity index (χ1) is 14.6. The molecule has 0 saturated heterocycles. The number of hydrogen-bond acceptors (Lipinski definition) is 8. The first kappa shape index (κ1) is 23.5. The van der Waals surface area contributed by atoms with Crippen LogP contribution in [0, 0.1) is 6.92 Å². The van der Waals surface area contributed by atoms with Crippen molar-refractivity contribution in [2.75, 3.05) is 26.0 Å². The molecule has 1 aromatic heterocycles. The lowest BCUT2D eigenvalue weighted by Gasteiger charge is -2.15. The summed E-state index contributed by atoms with van der Waals surface area (Å²) in [6, 6.07) is 6.84. The van der Waals surface area contributed by atoms with Gasteiger partial charge in [-0.25, -0.2) is 8.42 Å². The topological polar surface area (TPSA) is 194 Å². The maximum absolute atomic E-state index is 13.0. The molecule has 0 unspecified atom stereocenters. The van der Waals surface area contributed by atoms with Gasteiger partial charge in [-0.05, 0) is 42.4 Å². The maximum atomic E-state index is 13.0. The molecular weight excluding hydrogens is 428 g/mol. The van der Waals surface area contributed by atoms with E-state index in [4.69, 9.17) is 26.8 Å². The van der Waals surface area contributed by atoms with Crippen molar-refractivity contribution < 1.29 is 22.8 Å². The number of carbonyl (C=O) groups excluding carboxylic acids is 1. The van der Waals surface area contributed by atoms with Gasteiger partial charge in [-0.3, -0.25) is 9.59 Å². The van der Waals surface area contributed by atoms with Crippen LogP contribution in [0.15, 0.2) is 50.1 Å². The number of methoxy groups -OCH3 is 1. The summed E-state index contributed by atoms with van der Waals surface area (Å²) in [6.45, 7) is 1.18. The van der Waals surface area contributed by atoms with E-state index >= 15 is 0 Å². The molecule has 0 aliphatic heterocycles. The van der Waals surface area contributed by atoms with E-state index in [1.807, 2.05) is 0 Å². The second-order valence-corrected chi connectivity index (χ2v) is 8.23. The van der Waals surface area contributed by atoms with Gasteiger partial charge in [-0.2, -0.15) is 0 Å². The monoisotopic (exact) mass is 452 g/mol. The van der Waals surface area contributed by atoms with Crippen molar-refractivity contribution in [3.8, 4) is 5.75 Å². The van der Waals surface area contributed by atoms with Gasteiger partial charge >= 0.3 is 0 Å². The van der Waals surface area contributed by atoms with Crippen LogP contribution in [0.1, 0.15) is 5.69 Å². The number of aromatic nitrogens is 1. The van der Waals surface area contributed by atoms with Crippen molar-refractivity contribution >= 4 is 27.4 Å². The predicted octanol–water partition coefficient (Wildman–Crippen LogP) is -1.10. The quantitative estimate of drug-likeness (QED) is 0.158. The molecule has 0 fully saturated rings. The Hall–Kier alpha value is -3.74. The Morgan fingerprint density at radius 1 is 1.23 bits per heavy atom. The molecule has 1 aromatic carbocycles. The predicted molar refractivity (Wildman–Crippen MR) is 113 cm³/mol. The lowest BCUT2D eigenvalue weighted by atomic mass is 10.3. The molecule has 2 aromatic rings. The van der Waals surface area contributed by atoms with Gasteiger partial charge in [0.05, 0.1) is 24.2 Å². The molecular formula is C18H24N6O6S. The van der Waals surface area contributed by atoms with E-state index in [0.29, 0.717) is 11.4 Å². The van der Waals surface area contributed by atoms with Crippen molar-refractivity contribution in [1.29, 1.82) is 0 Å². The highest BCUT2D eigenvalue weighted by atomic mass is 32.2. The molecule has 1 amide bonds. The van der Waals surface area contributed by atoms with Gasteiger partial charge in [0, 0.05) is 5.69 Å². The number of nitrogens with zero attached hydrogens (tertiary/aromatic N) is 2. The normalized spacial score (nSPS) is 10.9. The minimum atomic E-state index is -4.24. The molecule has 0 atom stereocenters. The third-order valence-corrected chi connectivity index (χ3v) is 5.96. The SMILES string of the molecule is COc1ccc(S(=O)(=O)c2c(N)cc(C)n(CC(=O)NCCON=C(N)N)c2=O)cc1. The molecule has 31 heavy (non-hydrogen) atoms. The van der Waals surface area contributed by atoms with E-state index in [-0.39, 0.29) is 29.7 Å². The maximum Gasteiger partial charge on any atom is 0.272 e. The van der Waals surface area contributed by atoms with Crippen molar-refractivity contribution in [3.63, 3.8) is 0 Å². The standard InChI is InChI=1S/C18H24N6O6S/c1-11-9-14(19)16(31(27,28)13-5-3-12(29-2)4-6-13)17(26)24(11)10-15(25)22-7-8-30-23-18(20)21/h3-6,9H,7-8,10,19H2,1-2H3,(H,22,25)(H4,20,21,23). The van der Waals surface area contributed by atoms with Gasteiger partial charge in [-0.1, -0.05) is 0 Å². The average Bonchev–Trinajstić information content (AvgIpc) is 2.70. The molecule has 0 aliphatic carbocycles. The van der Waals surface area contributed by atoms with Crippen LogP contribution in [0.2, 0.25) is 0 Å². The second kappa shape index (κ2) is 9.84. The molecule has 7 N–H and O–H groups in total. The molecule has 0 saturated carbocycles. The Morgan fingerprint density at radius 2 is 1.87 bits per heavy atom. The highest BCUT2D eigenvalue weighted by Crippen LogP contribution is 2.25. The number of sulfone groups is 1. The Kier molecular flexibility index (Phi) is 7.47. The van der Waals surface area contributed by atoms with E-state index in [2.05, 4.69) is 10.5 Å². The summed E-state index contributed by atoms with van der Waals surface area (Å²) in [5.41, 5.74) is 15.3. The fraction of sp³-hybridized carbons (Fsp3) is 0.278. The summed E-state index contributed by atoms with van der Waals surface area (Å²) in [5, 5.41) is 5.81. The fourth-order valence-electron chi connectivity index (χ4n) is 2.67. The Bertz CT molecular complexity index is 1140. The molecule has 0 aliphatic rings. The van der Waals surface area contributed by atoms with E-state index in [1.165, 1.54) is 44.4 Å². The summed E-state index contributed by atoms with van der Waals surface area (Å²) in [5.74, 6) is -0.356. The highest BCUT2D eigenvalue weighted by Gasteiger charge is 2.27. The summed E-state index contributed by atoms with van der Waals surface area (Å²) >= 11 is 0. The zero-order valence-corrected chi connectivity index (χ0v) is 17.8. The molecule has 168 valence electrons. The van der Waals surface area contributed by atoms with Crippen LogP contribution in [0.5, 0.6) is 5.75 Å². The van der Waals surface area contributed by atoms with Gasteiger partial charge in [0.1, 0.15) is 18.9 Å². The van der Waals surface area contributed by atoms with Gasteiger partial charge < -0.3 is 36.7 Å². The van der Waals surface area contributed by atoms with E-state index in [1.54, 1.807) is 0 Å². The van der Waals surface area contributed by atoms with Crippen LogP contribution in [0.3, 0.4) is 0 Å². The van der Waals surface area contributed by atoms with Crippen LogP contribution >= 0.6 is 0 Å². The third-order valence-electron chi connectivity index (χ3n) is 4.12. The van der Waals surface area contributed by atoms with Crippen molar-refractivity contribution in [1.82, 2.24) is 9.88 Å². The lowest BCUT2D eigenvalue weighted by molar-refractivity contribution is -0.122. The summed E-state index contributed by atoms with van der Waals surface area (Å²) in [4.78, 5) is 29.2. The van der Waals surface area contributed by atoms with Gasteiger partial charge in [-0.15, -0.1) is 0 Å².